The van der Waals surface area contributed by atoms with Gasteiger partial charge in [0.25, 0.3) is 0 Å². The van der Waals surface area contributed by atoms with Crippen LogP contribution in [0.25, 0.3) is 0 Å². The lowest BCUT2D eigenvalue weighted by atomic mass is 10.5. The van der Waals surface area contributed by atoms with E-state index in [-0.39, 0.29) is 6.03 Å². The minimum absolute atomic E-state index is 0.0400. The summed E-state index contributed by atoms with van der Waals surface area (Å²) >= 11 is 4.01. The molecule has 0 aliphatic heterocycles. The number of hydrogen-bond acceptors (Lipinski definition) is 2. The van der Waals surface area contributed by atoms with Crippen LogP contribution in [0.15, 0.2) is 0 Å². The number of nitrogens with zero attached hydrogens (tertiary/aromatic N) is 1. The molecule has 0 aliphatic rings. The first kappa shape index (κ1) is 9.62. The first-order valence-corrected chi connectivity index (χ1v) is 3.87. The van der Waals surface area contributed by atoms with Crippen molar-refractivity contribution in [1.82, 2.24) is 10.2 Å². The summed E-state index contributed by atoms with van der Waals surface area (Å²) in [4.78, 5) is 12.3. The van der Waals surface area contributed by atoms with Gasteiger partial charge in [0, 0.05) is 20.6 Å². The summed E-state index contributed by atoms with van der Waals surface area (Å²) in [5.74, 6) is 0.813. The normalized spacial score (nSPS) is 9.10. The number of amides is 2. The van der Waals surface area contributed by atoms with Gasteiger partial charge in [0.2, 0.25) is 0 Å². The van der Waals surface area contributed by atoms with Crippen molar-refractivity contribution in [3.05, 3.63) is 0 Å². The van der Waals surface area contributed by atoms with Crippen LogP contribution in [0, 0.1) is 0 Å². The van der Waals surface area contributed by atoms with Gasteiger partial charge in [-0.3, -0.25) is 0 Å². The highest BCUT2D eigenvalue weighted by Gasteiger charge is 1.98. The van der Waals surface area contributed by atoms with Crippen LogP contribution in [0.3, 0.4) is 0 Å². The number of thiol groups is 1. The van der Waals surface area contributed by atoms with Crippen molar-refractivity contribution in [1.29, 1.82) is 0 Å². The van der Waals surface area contributed by atoms with Gasteiger partial charge in [0.15, 0.2) is 0 Å². The molecule has 0 aromatic heterocycles. The Morgan fingerprint density at radius 1 is 1.60 bits per heavy atom. The molecule has 0 atom stereocenters. The Labute approximate surface area is 67.2 Å². The summed E-state index contributed by atoms with van der Waals surface area (Å²) in [5.41, 5.74) is 0. The third kappa shape index (κ3) is 4.49. The van der Waals surface area contributed by atoms with Crippen molar-refractivity contribution >= 4 is 18.7 Å². The summed E-state index contributed by atoms with van der Waals surface area (Å²) in [6, 6.07) is -0.0400. The van der Waals surface area contributed by atoms with Crippen molar-refractivity contribution in [3.63, 3.8) is 0 Å². The van der Waals surface area contributed by atoms with Gasteiger partial charge in [-0.05, 0) is 12.2 Å². The van der Waals surface area contributed by atoms with E-state index in [1.807, 2.05) is 0 Å². The Morgan fingerprint density at radius 2 is 2.20 bits per heavy atom. The van der Waals surface area contributed by atoms with E-state index in [4.69, 9.17) is 0 Å². The largest absolute Gasteiger partial charge is 0.338 e. The van der Waals surface area contributed by atoms with Crippen LogP contribution in [0.2, 0.25) is 0 Å². The van der Waals surface area contributed by atoms with E-state index in [0.717, 1.165) is 12.2 Å². The second-order valence-electron chi connectivity index (χ2n) is 2.20. The molecular formula is C6H14N2OS. The highest BCUT2D eigenvalue weighted by Crippen LogP contribution is 1.82. The minimum Gasteiger partial charge on any atom is -0.338 e. The number of nitrogens with one attached hydrogen (secondary N) is 1. The lowest BCUT2D eigenvalue weighted by Crippen LogP contribution is -2.35. The van der Waals surface area contributed by atoms with Crippen molar-refractivity contribution < 1.29 is 4.79 Å². The van der Waals surface area contributed by atoms with Crippen molar-refractivity contribution in [3.8, 4) is 0 Å². The van der Waals surface area contributed by atoms with E-state index in [1.54, 1.807) is 14.1 Å². The second kappa shape index (κ2) is 5.41. The molecule has 2 amide bonds. The fraction of sp³-hybridized carbons (Fsp3) is 0.833. The molecule has 4 heteroatoms. The molecule has 0 saturated heterocycles. The highest BCUT2D eigenvalue weighted by atomic mass is 32.1. The van der Waals surface area contributed by atoms with Crippen LogP contribution >= 0.6 is 12.6 Å². The Hall–Kier alpha value is -0.380. The number of rotatable bonds is 3. The monoisotopic (exact) mass is 162 g/mol. The molecule has 0 fully saturated rings. The fourth-order valence-electron chi connectivity index (χ4n) is 0.432. The van der Waals surface area contributed by atoms with Crippen molar-refractivity contribution in [2.75, 3.05) is 26.4 Å². The van der Waals surface area contributed by atoms with Gasteiger partial charge in [-0.15, -0.1) is 0 Å². The standard InChI is InChI=1S/C6H14N2OS/c1-8(2)6(9)7-4-3-5-10/h10H,3-5H2,1-2H3,(H,7,9). The number of carbonyl (C=O) groups is 1. The molecule has 10 heavy (non-hydrogen) atoms. The van der Waals surface area contributed by atoms with E-state index in [0.29, 0.717) is 6.54 Å². The average Bonchev–Trinajstić information content (AvgIpc) is 1.88. The van der Waals surface area contributed by atoms with Gasteiger partial charge in [0.05, 0.1) is 0 Å². The molecule has 0 aromatic carbocycles. The third-order valence-electron chi connectivity index (χ3n) is 1.02. The lowest BCUT2D eigenvalue weighted by molar-refractivity contribution is 0.217. The lowest BCUT2D eigenvalue weighted by Gasteiger charge is -2.10. The minimum atomic E-state index is -0.0400. The van der Waals surface area contributed by atoms with Crippen LogP contribution in [0.1, 0.15) is 6.42 Å². The SMILES string of the molecule is CN(C)C(=O)NCCCS. The van der Waals surface area contributed by atoms with E-state index < -0.39 is 0 Å². The second-order valence-corrected chi connectivity index (χ2v) is 2.65. The molecule has 0 saturated carbocycles. The van der Waals surface area contributed by atoms with E-state index in [2.05, 4.69) is 17.9 Å². The third-order valence-corrected chi connectivity index (χ3v) is 1.33. The molecule has 0 bridgehead atoms. The van der Waals surface area contributed by atoms with Gasteiger partial charge in [-0.1, -0.05) is 0 Å². The highest BCUT2D eigenvalue weighted by molar-refractivity contribution is 7.80. The Balaban J connectivity index is 3.22. The first-order valence-electron chi connectivity index (χ1n) is 3.24. The molecule has 0 aliphatic carbocycles. The Bertz CT molecular complexity index is 106. The quantitative estimate of drug-likeness (QED) is 0.462. The molecule has 3 nitrogen and oxygen atoms in total. The van der Waals surface area contributed by atoms with Crippen LogP contribution in [0.4, 0.5) is 4.79 Å². The van der Waals surface area contributed by atoms with Gasteiger partial charge < -0.3 is 10.2 Å². The average molecular weight is 162 g/mol. The number of urea groups is 1. The van der Waals surface area contributed by atoms with Gasteiger partial charge in [-0.2, -0.15) is 12.6 Å². The summed E-state index contributed by atoms with van der Waals surface area (Å²) in [6.07, 6.45) is 0.919. The predicted octanol–water partition coefficient (Wildman–Crippen LogP) is 0.578. The zero-order valence-electron chi connectivity index (χ0n) is 6.42. The molecule has 0 radical (unpaired) electrons. The zero-order chi connectivity index (χ0) is 7.98. The van der Waals surface area contributed by atoms with E-state index in [1.165, 1.54) is 4.90 Å². The first-order chi connectivity index (χ1) is 4.68. The molecule has 0 unspecified atom stereocenters. The van der Waals surface area contributed by atoms with Crippen molar-refractivity contribution in [2.24, 2.45) is 0 Å². The van der Waals surface area contributed by atoms with E-state index >= 15 is 0 Å². The summed E-state index contributed by atoms with van der Waals surface area (Å²) in [5, 5.41) is 2.72. The Kier molecular flexibility index (Phi) is 5.20. The van der Waals surface area contributed by atoms with E-state index in [9.17, 15) is 4.79 Å². The summed E-state index contributed by atoms with van der Waals surface area (Å²) in [6.45, 7) is 0.709. The molecule has 1 N–H and O–H groups in total. The summed E-state index contributed by atoms with van der Waals surface area (Å²) < 4.78 is 0. The Morgan fingerprint density at radius 3 is 2.60 bits per heavy atom. The maximum absolute atomic E-state index is 10.8. The predicted molar refractivity (Wildman–Crippen MR) is 45.6 cm³/mol. The molecular weight excluding hydrogens is 148 g/mol. The number of hydrogen-bond donors (Lipinski definition) is 2. The maximum Gasteiger partial charge on any atom is 0.316 e. The van der Waals surface area contributed by atoms with Gasteiger partial charge in [-0.25, -0.2) is 4.79 Å². The summed E-state index contributed by atoms with van der Waals surface area (Å²) in [7, 11) is 3.44. The fourth-order valence-corrected chi connectivity index (χ4v) is 0.591. The van der Waals surface area contributed by atoms with Gasteiger partial charge >= 0.3 is 6.03 Å². The van der Waals surface area contributed by atoms with Crippen LogP contribution in [-0.2, 0) is 0 Å². The zero-order valence-corrected chi connectivity index (χ0v) is 7.32. The smallest absolute Gasteiger partial charge is 0.316 e. The molecule has 60 valence electrons. The van der Waals surface area contributed by atoms with Crippen LogP contribution < -0.4 is 5.32 Å². The van der Waals surface area contributed by atoms with Gasteiger partial charge in [0.1, 0.15) is 0 Å². The molecule has 0 aromatic rings. The topological polar surface area (TPSA) is 32.3 Å². The maximum atomic E-state index is 10.8. The van der Waals surface area contributed by atoms with Crippen LogP contribution in [0.5, 0.6) is 0 Å². The van der Waals surface area contributed by atoms with Crippen LogP contribution in [-0.4, -0.2) is 37.3 Å². The molecule has 0 rings (SSSR count). The molecule has 0 spiro atoms. The number of carbonyl (C=O) groups excluding carboxylic acids is 1. The molecule has 0 heterocycles. The van der Waals surface area contributed by atoms with Crippen molar-refractivity contribution in [2.45, 2.75) is 6.42 Å².